The summed E-state index contributed by atoms with van der Waals surface area (Å²) in [6.45, 7) is 6.88. The quantitative estimate of drug-likeness (QED) is 0.652. The fraction of sp³-hybridized carbons (Fsp3) is 0.348. The SMILES string of the molecule is Cc1cc(C)c2nc(C)cc(C(=O)N3CCCC[C@@H]3c3cccnc3)c2c1. The summed E-state index contributed by atoms with van der Waals surface area (Å²) in [5.41, 5.74) is 5.96. The largest absolute Gasteiger partial charge is 0.332 e. The van der Waals surface area contributed by atoms with Crippen LogP contribution in [-0.4, -0.2) is 27.3 Å². The molecule has 1 fully saturated rings. The lowest BCUT2D eigenvalue weighted by atomic mass is 9.94. The van der Waals surface area contributed by atoms with Gasteiger partial charge in [-0.15, -0.1) is 0 Å². The van der Waals surface area contributed by atoms with E-state index in [1.54, 1.807) is 6.20 Å². The van der Waals surface area contributed by atoms with Crippen molar-refractivity contribution in [1.82, 2.24) is 14.9 Å². The van der Waals surface area contributed by atoms with Crippen molar-refractivity contribution < 1.29 is 4.79 Å². The van der Waals surface area contributed by atoms with E-state index < -0.39 is 0 Å². The third-order valence-electron chi connectivity index (χ3n) is 5.44. The molecule has 2 aromatic heterocycles. The molecule has 1 aromatic carbocycles. The van der Waals surface area contributed by atoms with Crippen LogP contribution in [0.25, 0.3) is 10.9 Å². The molecule has 0 spiro atoms. The van der Waals surface area contributed by atoms with Gasteiger partial charge in [-0.1, -0.05) is 17.7 Å². The van der Waals surface area contributed by atoms with E-state index in [0.29, 0.717) is 0 Å². The zero-order valence-corrected chi connectivity index (χ0v) is 16.2. The van der Waals surface area contributed by atoms with Crippen molar-refractivity contribution in [2.45, 2.75) is 46.1 Å². The van der Waals surface area contributed by atoms with Crippen molar-refractivity contribution in [3.63, 3.8) is 0 Å². The summed E-state index contributed by atoms with van der Waals surface area (Å²) in [4.78, 5) is 24.7. The van der Waals surface area contributed by atoms with E-state index in [1.807, 2.05) is 30.2 Å². The molecule has 138 valence electrons. The number of carbonyl (C=O) groups is 1. The number of benzene rings is 1. The maximum absolute atomic E-state index is 13.7. The van der Waals surface area contributed by atoms with Crippen LogP contribution in [0, 0.1) is 20.8 Å². The second-order valence-corrected chi connectivity index (χ2v) is 7.59. The Bertz CT molecular complexity index is 997. The Hall–Kier alpha value is -2.75. The molecule has 4 heteroatoms. The van der Waals surface area contributed by atoms with Crippen LogP contribution in [0.4, 0.5) is 0 Å². The highest BCUT2D eigenvalue weighted by molar-refractivity contribution is 6.07. The molecule has 4 nitrogen and oxygen atoms in total. The number of nitrogens with zero attached hydrogens (tertiary/aromatic N) is 3. The topological polar surface area (TPSA) is 46.1 Å². The highest BCUT2D eigenvalue weighted by atomic mass is 16.2. The molecule has 0 bridgehead atoms. The average molecular weight is 359 g/mol. The number of hydrogen-bond donors (Lipinski definition) is 0. The van der Waals surface area contributed by atoms with Crippen LogP contribution in [0.15, 0.2) is 42.7 Å². The van der Waals surface area contributed by atoms with Crippen LogP contribution in [0.3, 0.4) is 0 Å². The Kier molecular flexibility index (Phi) is 4.65. The van der Waals surface area contributed by atoms with Crippen LogP contribution in [0.5, 0.6) is 0 Å². The number of rotatable bonds is 2. The molecule has 0 unspecified atom stereocenters. The highest BCUT2D eigenvalue weighted by Gasteiger charge is 2.30. The van der Waals surface area contributed by atoms with Gasteiger partial charge in [-0.3, -0.25) is 14.8 Å². The lowest BCUT2D eigenvalue weighted by molar-refractivity contribution is 0.0613. The summed E-state index contributed by atoms with van der Waals surface area (Å²) in [5, 5.41) is 0.957. The fourth-order valence-electron chi connectivity index (χ4n) is 4.23. The summed E-state index contributed by atoms with van der Waals surface area (Å²) < 4.78 is 0. The second-order valence-electron chi connectivity index (χ2n) is 7.59. The minimum atomic E-state index is 0.0920. The molecule has 3 aromatic rings. The lowest BCUT2D eigenvalue weighted by Gasteiger charge is -2.36. The molecule has 4 rings (SSSR count). The Balaban J connectivity index is 1.82. The van der Waals surface area contributed by atoms with Crippen LogP contribution in [-0.2, 0) is 0 Å². The molecule has 1 saturated heterocycles. The minimum absolute atomic E-state index is 0.0920. The number of hydrogen-bond acceptors (Lipinski definition) is 3. The minimum Gasteiger partial charge on any atom is -0.332 e. The number of amides is 1. The smallest absolute Gasteiger partial charge is 0.255 e. The maximum Gasteiger partial charge on any atom is 0.255 e. The van der Waals surface area contributed by atoms with Crippen molar-refractivity contribution in [3.05, 3.63) is 70.7 Å². The van der Waals surface area contributed by atoms with Crippen molar-refractivity contribution in [1.29, 1.82) is 0 Å². The summed E-state index contributed by atoms with van der Waals surface area (Å²) in [6, 6.07) is 10.3. The lowest BCUT2D eigenvalue weighted by Crippen LogP contribution is -2.38. The van der Waals surface area contributed by atoms with Gasteiger partial charge in [0.15, 0.2) is 0 Å². The zero-order chi connectivity index (χ0) is 19.0. The van der Waals surface area contributed by atoms with Crippen molar-refractivity contribution in [2.24, 2.45) is 0 Å². The van der Waals surface area contributed by atoms with Gasteiger partial charge in [0.25, 0.3) is 5.91 Å². The molecular formula is C23H25N3O. The van der Waals surface area contributed by atoms with Gasteiger partial charge < -0.3 is 4.90 Å². The fourth-order valence-corrected chi connectivity index (χ4v) is 4.23. The normalized spacial score (nSPS) is 17.3. The molecule has 1 aliphatic heterocycles. The van der Waals surface area contributed by atoms with E-state index >= 15 is 0 Å². The van der Waals surface area contributed by atoms with Gasteiger partial charge in [-0.2, -0.15) is 0 Å². The van der Waals surface area contributed by atoms with E-state index in [4.69, 9.17) is 4.98 Å². The number of aryl methyl sites for hydroxylation is 3. The molecule has 1 amide bonds. The summed E-state index contributed by atoms with van der Waals surface area (Å²) >= 11 is 0. The molecule has 27 heavy (non-hydrogen) atoms. The van der Waals surface area contributed by atoms with Gasteiger partial charge >= 0.3 is 0 Å². The Labute approximate surface area is 160 Å². The summed E-state index contributed by atoms with van der Waals surface area (Å²) in [7, 11) is 0. The second kappa shape index (κ2) is 7.10. The number of piperidine rings is 1. The Morgan fingerprint density at radius 3 is 2.78 bits per heavy atom. The van der Waals surface area contributed by atoms with Crippen LogP contribution in [0.2, 0.25) is 0 Å². The highest BCUT2D eigenvalue weighted by Crippen LogP contribution is 2.33. The first-order valence-corrected chi connectivity index (χ1v) is 9.64. The first kappa shape index (κ1) is 17.7. The van der Waals surface area contributed by atoms with Gasteiger partial charge in [0.2, 0.25) is 0 Å². The van der Waals surface area contributed by atoms with Gasteiger partial charge in [0.05, 0.1) is 17.1 Å². The zero-order valence-electron chi connectivity index (χ0n) is 16.2. The van der Waals surface area contributed by atoms with Gasteiger partial charge in [-0.05, 0) is 69.4 Å². The van der Waals surface area contributed by atoms with E-state index in [-0.39, 0.29) is 11.9 Å². The van der Waals surface area contributed by atoms with Gasteiger partial charge in [0.1, 0.15) is 0 Å². The van der Waals surface area contributed by atoms with Gasteiger partial charge in [-0.25, -0.2) is 0 Å². The van der Waals surface area contributed by atoms with Crippen LogP contribution >= 0.6 is 0 Å². The van der Waals surface area contributed by atoms with Crippen molar-refractivity contribution in [2.75, 3.05) is 6.54 Å². The number of aromatic nitrogens is 2. The maximum atomic E-state index is 13.7. The van der Waals surface area contributed by atoms with Crippen molar-refractivity contribution >= 4 is 16.8 Å². The van der Waals surface area contributed by atoms with Crippen LogP contribution in [0.1, 0.15) is 58.0 Å². The predicted octanol–water partition coefficient (Wildman–Crippen LogP) is 4.92. The number of fused-ring (bicyclic) bond motifs is 1. The number of likely N-dealkylation sites (tertiary alicyclic amines) is 1. The first-order valence-electron chi connectivity index (χ1n) is 9.64. The predicted molar refractivity (Wildman–Crippen MR) is 108 cm³/mol. The third-order valence-corrected chi connectivity index (χ3v) is 5.44. The molecule has 0 N–H and O–H groups in total. The third kappa shape index (κ3) is 3.32. The van der Waals surface area contributed by atoms with E-state index in [2.05, 4.69) is 37.0 Å². The Morgan fingerprint density at radius 2 is 2.00 bits per heavy atom. The van der Waals surface area contributed by atoms with Gasteiger partial charge in [0, 0.05) is 30.0 Å². The summed E-state index contributed by atoms with van der Waals surface area (Å²) in [5.74, 6) is 0.101. The molecule has 1 aliphatic rings. The van der Waals surface area contributed by atoms with E-state index in [1.165, 1.54) is 0 Å². The monoisotopic (exact) mass is 359 g/mol. The molecule has 0 radical (unpaired) electrons. The summed E-state index contributed by atoms with van der Waals surface area (Å²) in [6.07, 6.45) is 6.84. The van der Waals surface area contributed by atoms with Crippen molar-refractivity contribution in [3.8, 4) is 0 Å². The first-order chi connectivity index (χ1) is 13.0. The average Bonchev–Trinajstić information content (AvgIpc) is 2.68. The van der Waals surface area contributed by atoms with E-state index in [0.717, 1.165) is 64.7 Å². The number of carbonyl (C=O) groups excluding carboxylic acids is 1. The number of pyridine rings is 2. The molecule has 0 saturated carbocycles. The van der Waals surface area contributed by atoms with Crippen LogP contribution < -0.4 is 0 Å². The molecule has 0 aliphatic carbocycles. The molecule has 1 atom stereocenters. The van der Waals surface area contributed by atoms with E-state index in [9.17, 15) is 4.79 Å². The molecular weight excluding hydrogens is 334 g/mol. The molecule has 3 heterocycles. The Morgan fingerprint density at radius 1 is 1.15 bits per heavy atom. The standard InChI is InChI=1S/C23H25N3O/c1-15-11-16(2)22-19(12-15)20(13-17(3)25-22)23(27)26-10-5-4-8-21(26)18-7-6-9-24-14-18/h6-7,9,11-14,21H,4-5,8,10H2,1-3H3/t21-/m1/s1.